The monoisotopic (exact) mass is 505 g/mol. The summed E-state index contributed by atoms with van der Waals surface area (Å²) in [5.41, 5.74) is 3.03. The van der Waals surface area contributed by atoms with Crippen LogP contribution in [0.3, 0.4) is 0 Å². The first kappa shape index (κ1) is 23.4. The summed E-state index contributed by atoms with van der Waals surface area (Å²) in [6.45, 7) is 5.87. The lowest BCUT2D eigenvalue weighted by Gasteiger charge is -2.19. The molecule has 2 aromatic heterocycles. The van der Waals surface area contributed by atoms with Crippen molar-refractivity contribution in [1.29, 1.82) is 0 Å². The van der Waals surface area contributed by atoms with Gasteiger partial charge < -0.3 is 20.4 Å². The van der Waals surface area contributed by atoms with Gasteiger partial charge in [-0.2, -0.15) is 0 Å². The van der Waals surface area contributed by atoms with Gasteiger partial charge >= 0.3 is 6.09 Å². The average molecular weight is 507 g/mol. The van der Waals surface area contributed by atoms with Crippen LogP contribution >= 0.6 is 34.8 Å². The van der Waals surface area contributed by atoms with E-state index < -0.39 is 11.7 Å². The van der Waals surface area contributed by atoms with E-state index in [1.165, 1.54) is 0 Å². The highest BCUT2D eigenvalue weighted by atomic mass is 35.5. The number of hydrogen-bond acceptors (Lipinski definition) is 5. The minimum absolute atomic E-state index is 0.313. The molecule has 33 heavy (non-hydrogen) atoms. The van der Waals surface area contributed by atoms with E-state index in [1.54, 1.807) is 18.2 Å². The number of anilines is 2. The number of rotatable bonds is 5. The van der Waals surface area contributed by atoms with Crippen molar-refractivity contribution in [2.75, 3.05) is 11.9 Å². The molecule has 4 rings (SSSR count). The number of carbonyl (C=O) groups excluding carboxylic acids is 1. The number of nitrogens with zero attached hydrogens (tertiary/aromatic N) is 2. The summed E-state index contributed by atoms with van der Waals surface area (Å²) >= 11 is 18.4. The standard InChI is InChI=1S/C23H22Cl3N5O2/c1-23(2,3)33-22(32)27-7-6-12-8-13(28-20-5-4-19(26)30-31-20)9-15-14-10-16(24)17(25)11-18(14)29-21(12)15/h4-5,8-11,29H,6-7H2,1-3H3,(H,27,32)(H,28,31). The third kappa shape index (κ3) is 5.61. The predicted molar refractivity (Wildman–Crippen MR) is 134 cm³/mol. The minimum atomic E-state index is -0.559. The Morgan fingerprint density at radius 3 is 2.48 bits per heavy atom. The van der Waals surface area contributed by atoms with Crippen LogP contribution in [0.4, 0.5) is 16.3 Å². The fourth-order valence-corrected chi connectivity index (χ4v) is 3.91. The van der Waals surface area contributed by atoms with E-state index >= 15 is 0 Å². The molecule has 172 valence electrons. The fraction of sp³-hybridized carbons (Fsp3) is 0.261. The normalized spacial score (nSPS) is 11.7. The van der Waals surface area contributed by atoms with E-state index in [-0.39, 0.29) is 0 Å². The van der Waals surface area contributed by atoms with Gasteiger partial charge in [0.2, 0.25) is 0 Å². The van der Waals surface area contributed by atoms with Crippen molar-refractivity contribution in [3.63, 3.8) is 0 Å². The molecule has 0 bridgehead atoms. The van der Waals surface area contributed by atoms with E-state index in [4.69, 9.17) is 39.5 Å². The van der Waals surface area contributed by atoms with Gasteiger partial charge in [0, 0.05) is 34.0 Å². The number of benzene rings is 2. The van der Waals surface area contributed by atoms with E-state index in [0.29, 0.717) is 34.0 Å². The largest absolute Gasteiger partial charge is 0.444 e. The minimum Gasteiger partial charge on any atom is -0.444 e. The number of H-pyrrole nitrogens is 1. The molecule has 3 N–H and O–H groups in total. The summed E-state index contributed by atoms with van der Waals surface area (Å²) in [6, 6.07) is 11.0. The zero-order valence-electron chi connectivity index (χ0n) is 18.2. The van der Waals surface area contributed by atoms with Crippen LogP contribution in [0.25, 0.3) is 21.8 Å². The number of fused-ring (bicyclic) bond motifs is 3. The van der Waals surface area contributed by atoms with Crippen LogP contribution in [0.5, 0.6) is 0 Å². The fourth-order valence-electron chi connectivity index (χ4n) is 3.48. The van der Waals surface area contributed by atoms with E-state index in [0.717, 1.165) is 33.1 Å². The molecule has 0 atom stereocenters. The zero-order chi connectivity index (χ0) is 23.8. The lowest BCUT2D eigenvalue weighted by atomic mass is 10.0. The topological polar surface area (TPSA) is 91.9 Å². The lowest BCUT2D eigenvalue weighted by Crippen LogP contribution is -2.33. The molecule has 0 aliphatic heterocycles. The molecule has 0 saturated carbocycles. The molecule has 4 aromatic rings. The van der Waals surface area contributed by atoms with Gasteiger partial charge in [-0.15, -0.1) is 10.2 Å². The maximum Gasteiger partial charge on any atom is 0.407 e. The molecular weight excluding hydrogens is 485 g/mol. The predicted octanol–water partition coefficient (Wildman–Crippen LogP) is 6.88. The molecule has 0 spiro atoms. The first-order chi connectivity index (χ1) is 15.6. The summed E-state index contributed by atoms with van der Waals surface area (Å²) in [5.74, 6) is 0.553. The first-order valence-corrected chi connectivity index (χ1v) is 11.4. The molecule has 10 heteroatoms. The Labute approximate surface area is 205 Å². The Hall–Kier alpha value is -2.74. The highest BCUT2D eigenvalue weighted by Gasteiger charge is 2.17. The number of ether oxygens (including phenoxy) is 1. The van der Waals surface area contributed by atoms with E-state index in [9.17, 15) is 4.79 Å². The number of alkyl carbamates (subject to hydrolysis) is 1. The molecular formula is C23H22Cl3N5O2. The van der Waals surface area contributed by atoms with Crippen molar-refractivity contribution < 1.29 is 9.53 Å². The molecule has 0 fully saturated rings. The number of nitrogens with one attached hydrogen (secondary N) is 3. The van der Waals surface area contributed by atoms with Crippen molar-refractivity contribution in [2.24, 2.45) is 0 Å². The van der Waals surface area contributed by atoms with Crippen molar-refractivity contribution >= 4 is 74.2 Å². The Bertz CT molecular complexity index is 1330. The summed E-state index contributed by atoms with van der Waals surface area (Å²) < 4.78 is 5.32. The summed E-state index contributed by atoms with van der Waals surface area (Å²) in [7, 11) is 0. The molecule has 1 amide bonds. The number of amides is 1. The second-order valence-electron chi connectivity index (χ2n) is 8.54. The number of hydrogen-bond donors (Lipinski definition) is 3. The highest BCUT2D eigenvalue weighted by molar-refractivity contribution is 6.43. The van der Waals surface area contributed by atoms with Gasteiger partial charge in [-0.3, -0.25) is 0 Å². The molecule has 2 aromatic carbocycles. The maximum atomic E-state index is 12.1. The Morgan fingerprint density at radius 2 is 1.79 bits per heavy atom. The van der Waals surface area contributed by atoms with Gasteiger partial charge in [0.1, 0.15) is 5.60 Å². The Morgan fingerprint density at radius 1 is 1.03 bits per heavy atom. The summed E-state index contributed by atoms with van der Waals surface area (Å²) in [4.78, 5) is 15.5. The van der Waals surface area contributed by atoms with Crippen molar-refractivity contribution in [3.05, 3.63) is 57.2 Å². The molecule has 0 unspecified atom stereocenters. The quantitative estimate of drug-likeness (QED) is 0.274. The highest BCUT2D eigenvalue weighted by Crippen LogP contribution is 2.36. The van der Waals surface area contributed by atoms with Crippen molar-refractivity contribution in [1.82, 2.24) is 20.5 Å². The smallest absolute Gasteiger partial charge is 0.407 e. The van der Waals surface area contributed by atoms with Gasteiger partial charge in [-0.05, 0) is 69.2 Å². The molecule has 0 aliphatic rings. The molecule has 0 saturated heterocycles. The van der Waals surface area contributed by atoms with Crippen LogP contribution in [0.1, 0.15) is 26.3 Å². The first-order valence-electron chi connectivity index (χ1n) is 10.3. The van der Waals surface area contributed by atoms with Gasteiger partial charge in [-0.1, -0.05) is 34.8 Å². The number of halogens is 3. The lowest BCUT2D eigenvalue weighted by molar-refractivity contribution is 0.0528. The van der Waals surface area contributed by atoms with E-state index in [2.05, 4.69) is 25.8 Å². The van der Waals surface area contributed by atoms with Crippen molar-refractivity contribution in [2.45, 2.75) is 32.8 Å². The molecule has 0 radical (unpaired) electrons. The van der Waals surface area contributed by atoms with Gasteiger partial charge in [0.25, 0.3) is 0 Å². The van der Waals surface area contributed by atoms with Crippen LogP contribution in [-0.4, -0.2) is 33.4 Å². The third-order valence-corrected chi connectivity index (χ3v) is 5.72. The Kier molecular flexibility index (Phi) is 6.56. The molecule has 0 aliphatic carbocycles. The number of carbonyl (C=O) groups is 1. The maximum absolute atomic E-state index is 12.1. The van der Waals surface area contributed by atoms with Crippen LogP contribution in [-0.2, 0) is 11.2 Å². The molecule has 7 nitrogen and oxygen atoms in total. The van der Waals surface area contributed by atoms with Crippen LogP contribution in [0.2, 0.25) is 15.2 Å². The second kappa shape index (κ2) is 9.25. The van der Waals surface area contributed by atoms with Crippen LogP contribution in [0, 0.1) is 0 Å². The zero-order valence-corrected chi connectivity index (χ0v) is 20.5. The number of aromatic amines is 1. The van der Waals surface area contributed by atoms with Gasteiger partial charge in [0.05, 0.1) is 10.0 Å². The summed E-state index contributed by atoms with van der Waals surface area (Å²) in [5, 5.41) is 17.2. The van der Waals surface area contributed by atoms with E-state index in [1.807, 2.05) is 39.0 Å². The second-order valence-corrected chi connectivity index (χ2v) is 9.74. The SMILES string of the molecule is CC(C)(C)OC(=O)NCCc1cc(Nc2ccc(Cl)nn2)cc2c1[nH]c1cc(Cl)c(Cl)cc12. The van der Waals surface area contributed by atoms with Crippen LogP contribution in [0.15, 0.2) is 36.4 Å². The third-order valence-electron chi connectivity index (χ3n) is 4.80. The average Bonchev–Trinajstić information content (AvgIpc) is 3.06. The number of aromatic nitrogens is 3. The summed E-state index contributed by atoms with van der Waals surface area (Å²) in [6.07, 6.45) is 0.103. The van der Waals surface area contributed by atoms with Gasteiger partial charge in [-0.25, -0.2) is 4.79 Å². The van der Waals surface area contributed by atoms with Crippen LogP contribution < -0.4 is 10.6 Å². The van der Waals surface area contributed by atoms with Crippen molar-refractivity contribution in [3.8, 4) is 0 Å². The molecule has 2 heterocycles. The Balaban J connectivity index is 1.69. The van der Waals surface area contributed by atoms with Gasteiger partial charge in [0.15, 0.2) is 11.0 Å².